The predicted octanol–water partition coefficient (Wildman–Crippen LogP) is 4.04. The van der Waals surface area contributed by atoms with E-state index in [1.807, 2.05) is 50.2 Å². The topological polar surface area (TPSA) is 51.8 Å². The molecule has 0 bridgehead atoms. The molecule has 0 spiro atoms. The van der Waals surface area contributed by atoms with Crippen LogP contribution in [-0.2, 0) is 5.75 Å². The summed E-state index contributed by atoms with van der Waals surface area (Å²) in [7, 11) is 0. The van der Waals surface area contributed by atoms with E-state index in [0.717, 1.165) is 39.2 Å². The molecular formula is C16H15N3OS. The summed E-state index contributed by atoms with van der Waals surface area (Å²) in [6.07, 6.45) is 1.80. The lowest BCUT2D eigenvalue weighted by molar-refractivity contribution is 0.392. The average Bonchev–Trinajstić information content (AvgIpc) is 2.85. The van der Waals surface area contributed by atoms with E-state index in [-0.39, 0.29) is 0 Å². The molecule has 0 amide bonds. The molecule has 0 saturated carbocycles. The molecular weight excluding hydrogens is 282 g/mol. The van der Waals surface area contributed by atoms with E-state index in [1.165, 1.54) is 0 Å². The van der Waals surface area contributed by atoms with Gasteiger partial charge in [0.1, 0.15) is 10.8 Å². The zero-order chi connectivity index (χ0) is 14.7. The maximum atomic E-state index is 5.18. The molecule has 0 atom stereocenters. The van der Waals surface area contributed by atoms with Crippen molar-refractivity contribution in [3.8, 4) is 11.4 Å². The Kier molecular flexibility index (Phi) is 4.01. The van der Waals surface area contributed by atoms with E-state index in [1.54, 1.807) is 18.0 Å². The third-order valence-electron chi connectivity index (χ3n) is 3.21. The van der Waals surface area contributed by atoms with E-state index in [9.17, 15) is 0 Å². The van der Waals surface area contributed by atoms with Gasteiger partial charge in [-0.05, 0) is 19.9 Å². The standard InChI is InChI=1S/C16H15N3OS/c1-11-14(12(2)20-19-11)10-21-15-8-9-17-16(18-15)13-6-4-3-5-7-13/h3-9H,10H2,1-2H3. The van der Waals surface area contributed by atoms with Gasteiger partial charge in [0, 0.05) is 23.1 Å². The van der Waals surface area contributed by atoms with Crippen LogP contribution in [0, 0.1) is 13.8 Å². The molecule has 106 valence electrons. The lowest BCUT2D eigenvalue weighted by atomic mass is 10.2. The minimum Gasteiger partial charge on any atom is -0.361 e. The maximum absolute atomic E-state index is 5.18. The first-order valence-corrected chi connectivity index (χ1v) is 7.65. The number of benzene rings is 1. The zero-order valence-corrected chi connectivity index (χ0v) is 12.7. The normalized spacial score (nSPS) is 10.8. The molecule has 0 fully saturated rings. The summed E-state index contributed by atoms with van der Waals surface area (Å²) in [4.78, 5) is 8.94. The molecule has 3 aromatic rings. The smallest absolute Gasteiger partial charge is 0.160 e. The Balaban J connectivity index is 1.78. The van der Waals surface area contributed by atoms with Crippen molar-refractivity contribution in [3.05, 3.63) is 59.6 Å². The Morgan fingerprint density at radius 2 is 1.90 bits per heavy atom. The van der Waals surface area contributed by atoms with Crippen LogP contribution in [-0.4, -0.2) is 15.1 Å². The van der Waals surface area contributed by atoms with Crippen molar-refractivity contribution >= 4 is 11.8 Å². The number of hydrogen-bond acceptors (Lipinski definition) is 5. The SMILES string of the molecule is Cc1noc(C)c1CSc1ccnc(-c2ccccc2)n1. The number of rotatable bonds is 4. The first-order chi connectivity index (χ1) is 10.2. The van der Waals surface area contributed by atoms with Gasteiger partial charge in [0.15, 0.2) is 5.82 Å². The van der Waals surface area contributed by atoms with Crippen molar-refractivity contribution in [2.24, 2.45) is 0 Å². The Labute approximate surface area is 127 Å². The van der Waals surface area contributed by atoms with Crippen LogP contribution >= 0.6 is 11.8 Å². The monoisotopic (exact) mass is 297 g/mol. The summed E-state index contributed by atoms with van der Waals surface area (Å²) < 4.78 is 5.18. The quantitative estimate of drug-likeness (QED) is 0.537. The largest absolute Gasteiger partial charge is 0.361 e. The van der Waals surface area contributed by atoms with Crippen molar-refractivity contribution in [2.75, 3.05) is 0 Å². The van der Waals surface area contributed by atoms with Gasteiger partial charge in [-0.2, -0.15) is 0 Å². The minimum atomic E-state index is 0.749. The highest BCUT2D eigenvalue weighted by Gasteiger charge is 2.10. The van der Waals surface area contributed by atoms with Crippen molar-refractivity contribution in [1.29, 1.82) is 0 Å². The van der Waals surface area contributed by atoms with Crippen LogP contribution in [0.2, 0.25) is 0 Å². The van der Waals surface area contributed by atoms with E-state index in [0.29, 0.717) is 0 Å². The van der Waals surface area contributed by atoms with Gasteiger partial charge in [0.05, 0.1) is 5.69 Å². The molecule has 1 aromatic carbocycles. The first kappa shape index (κ1) is 13.8. The summed E-state index contributed by atoms with van der Waals surface area (Å²) in [5.74, 6) is 2.42. The molecule has 3 rings (SSSR count). The second-order valence-electron chi connectivity index (χ2n) is 4.68. The average molecular weight is 297 g/mol. The van der Waals surface area contributed by atoms with Gasteiger partial charge < -0.3 is 4.52 Å². The highest BCUT2D eigenvalue weighted by atomic mass is 32.2. The Morgan fingerprint density at radius 1 is 1.10 bits per heavy atom. The second-order valence-corrected chi connectivity index (χ2v) is 5.67. The second kappa shape index (κ2) is 6.10. The molecule has 2 aromatic heterocycles. The molecule has 21 heavy (non-hydrogen) atoms. The lowest BCUT2D eigenvalue weighted by Crippen LogP contribution is -1.91. The van der Waals surface area contributed by atoms with Gasteiger partial charge in [-0.25, -0.2) is 9.97 Å². The lowest BCUT2D eigenvalue weighted by Gasteiger charge is -2.03. The van der Waals surface area contributed by atoms with Gasteiger partial charge in [-0.15, -0.1) is 11.8 Å². The molecule has 0 aliphatic rings. The van der Waals surface area contributed by atoms with E-state index in [2.05, 4.69) is 15.1 Å². The van der Waals surface area contributed by atoms with Crippen LogP contribution in [0.5, 0.6) is 0 Å². The fourth-order valence-corrected chi connectivity index (χ4v) is 3.02. The highest BCUT2D eigenvalue weighted by Crippen LogP contribution is 2.26. The van der Waals surface area contributed by atoms with E-state index in [4.69, 9.17) is 4.52 Å². The molecule has 0 unspecified atom stereocenters. The summed E-state index contributed by atoms with van der Waals surface area (Å²) >= 11 is 1.66. The van der Waals surface area contributed by atoms with Crippen LogP contribution in [0.15, 0.2) is 52.1 Å². The Bertz CT molecular complexity index is 721. The van der Waals surface area contributed by atoms with Crippen molar-refractivity contribution in [3.63, 3.8) is 0 Å². The van der Waals surface area contributed by atoms with Crippen LogP contribution < -0.4 is 0 Å². The van der Waals surface area contributed by atoms with Crippen LogP contribution in [0.4, 0.5) is 0 Å². The van der Waals surface area contributed by atoms with Gasteiger partial charge in [-0.3, -0.25) is 0 Å². The number of aromatic nitrogens is 3. The van der Waals surface area contributed by atoms with E-state index < -0.39 is 0 Å². The van der Waals surface area contributed by atoms with Crippen LogP contribution in [0.1, 0.15) is 17.0 Å². The molecule has 2 heterocycles. The summed E-state index contributed by atoms with van der Waals surface area (Å²) in [5, 5.41) is 4.92. The minimum absolute atomic E-state index is 0.749. The van der Waals surface area contributed by atoms with Gasteiger partial charge >= 0.3 is 0 Å². The zero-order valence-electron chi connectivity index (χ0n) is 11.9. The Morgan fingerprint density at radius 3 is 2.62 bits per heavy atom. The number of nitrogens with zero attached hydrogens (tertiary/aromatic N) is 3. The fraction of sp³-hybridized carbons (Fsp3) is 0.188. The number of aryl methyl sites for hydroxylation is 2. The molecule has 4 nitrogen and oxygen atoms in total. The molecule has 0 aliphatic carbocycles. The summed E-state index contributed by atoms with van der Waals surface area (Å²) in [5.41, 5.74) is 3.11. The van der Waals surface area contributed by atoms with Crippen LogP contribution in [0.25, 0.3) is 11.4 Å². The van der Waals surface area contributed by atoms with Crippen LogP contribution in [0.3, 0.4) is 0 Å². The number of hydrogen-bond donors (Lipinski definition) is 0. The molecule has 0 aliphatic heterocycles. The Hall–Kier alpha value is -2.14. The molecule has 0 radical (unpaired) electrons. The fourth-order valence-electron chi connectivity index (χ4n) is 2.00. The molecule has 0 saturated heterocycles. The third kappa shape index (κ3) is 3.13. The van der Waals surface area contributed by atoms with E-state index >= 15 is 0 Å². The van der Waals surface area contributed by atoms with Gasteiger partial charge in [-0.1, -0.05) is 35.5 Å². The van der Waals surface area contributed by atoms with Crippen molar-refractivity contribution < 1.29 is 4.52 Å². The number of thioether (sulfide) groups is 1. The third-order valence-corrected chi connectivity index (χ3v) is 4.16. The first-order valence-electron chi connectivity index (χ1n) is 6.67. The highest BCUT2D eigenvalue weighted by molar-refractivity contribution is 7.98. The molecule has 5 heteroatoms. The van der Waals surface area contributed by atoms with Gasteiger partial charge in [0.2, 0.25) is 0 Å². The van der Waals surface area contributed by atoms with Gasteiger partial charge in [0.25, 0.3) is 0 Å². The predicted molar refractivity (Wildman–Crippen MR) is 83.0 cm³/mol. The molecule has 0 N–H and O–H groups in total. The maximum Gasteiger partial charge on any atom is 0.160 e. The summed E-state index contributed by atoms with van der Waals surface area (Å²) in [6, 6.07) is 11.9. The van der Waals surface area contributed by atoms with Crippen molar-refractivity contribution in [2.45, 2.75) is 24.6 Å². The summed E-state index contributed by atoms with van der Waals surface area (Å²) in [6.45, 7) is 3.90. The van der Waals surface area contributed by atoms with Crippen molar-refractivity contribution in [1.82, 2.24) is 15.1 Å².